The Kier molecular flexibility index (Phi) is 4.27. The zero-order valence-corrected chi connectivity index (χ0v) is 15.7. The Labute approximate surface area is 156 Å². The molecular formula is C18H13BrN4OS. The summed E-state index contributed by atoms with van der Waals surface area (Å²) in [5, 5.41) is 10.0. The van der Waals surface area contributed by atoms with Gasteiger partial charge in [0.05, 0.1) is 11.3 Å². The predicted octanol–water partition coefficient (Wildman–Crippen LogP) is 4.25. The zero-order chi connectivity index (χ0) is 17.4. The number of hydrogen-bond acceptors (Lipinski definition) is 5. The number of aromatic nitrogens is 4. The minimum absolute atomic E-state index is 0.0512. The van der Waals surface area contributed by atoms with Crippen LogP contribution >= 0.6 is 27.7 Å². The average Bonchev–Trinajstić information content (AvgIpc) is 2.92. The average molecular weight is 413 g/mol. The molecule has 0 saturated carbocycles. The highest BCUT2D eigenvalue weighted by Crippen LogP contribution is 2.28. The Morgan fingerprint density at radius 3 is 2.76 bits per heavy atom. The van der Waals surface area contributed by atoms with E-state index in [1.165, 1.54) is 11.8 Å². The quantitative estimate of drug-likeness (QED) is 0.370. The summed E-state index contributed by atoms with van der Waals surface area (Å²) in [6, 6.07) is 15.3. The molecule has 0 bridgehead atoms. The molecule has 0 radical (unpaired) electrons. The van der Waals surface area contributed by atoms with Crippen molar-refractivity contribution < 1.29 is 4.79 Å². The Bertz CT molecular complexity index is 1090. The maximum Gasteiger partial charge on any atom is 0.211 e. The van der Waals surface area contributed by atoms with Crippen molar-refractivity contribution in [3.05, 3.63) is 58.6 Å². The number of ketones is 1. The molecule has 0 aliphatic carbocycles. The molecule has 0 atom stereocenters. The van der Waals surface area contributed by atoms with E-state index in [0.717, 1.165) is 26.5 Å². The number of thioether (sulfide) groups is 1. The van der Waals surface area contributed by atoms with Crippen LogP contribution in [0.1, 0.15) is 10.4 Å². The SMILES string of the molecule is Cn1c2ccc(Br)cc2c2nnc(SCC(=O)c3ccccc3)nc21. The molecule has 2 aromatic heterocycles. The topological polar surface area (TPSA) is 60.7 Å². The van der Waals surface area contributed by atoms with Gasteiger partial charge in [-0.2, -0.15) is 0 Å². The van der Waals surface area contributed by atoms with E-state index in [1.54, 1.807) is 0 Å². The van der Waals surface area contributed by atoms with Gasteiger partial charge in [0, 0.05) is 22.5 Å². The molecule has 124 valence electrons. The van der Waals surface area contributed by atoms with Gasteiger partial charge in [0.15, 0.2) is 11.4 Å². The molecule has 2 aromatic carbocycles. The largest absolute Gasteiger partial charge is 0.327 e. The van der Waals surface area contributed by atoms with Gasteiger partial charge in [-0.1, -0.05) is 58.0 Å². The van der Waals surface area contributed by atoms with Crippen LogP contribution in [0.25, 0.3) is 22.1 Å². The van der Waals surface area contributed by atoms with Crippen molar-refractivity contribution in [1.29, 1.82) is 0 Å². The van der Waals surface area contributed by atoms with E-state index in [-0.39, 0.29) is 11.5 Å². The number of carbonyl (C=O) groups excluding carboxylic acids is 1. The molecule has 25 heavy (non-hydrogen) atoms. The van der Waals surface area contributed by atoms with E-state index < -0.39 is 0 Å². The highest BCUT2D eigenvalue weighted by atomic mass is 79.9. The first-order chi connectivity index (χ1) is 12.1. The van der Waals surface area contributed by atoms with E-state index >= 15 is 0 Å². The number of carbonyl (C=O) groups is 1. The molecule has 5 nitrogen and oxygen atoms in total. The molecule has 0 saturated heterocycles. The third-order valence-electron chi connectivity index (χ3n) is 3.97. The summed E-state index contributed by atoms with van der Waals surface area (Å²) in [4.78, 5) is 16.8. The number of rotatable bonds is 4. The van der Waals surface area contributed by atoms with Crippen molar-refractivity contribution in [2.45, 2.75) is 5.16 Å². The minimum atomic E-state index is 0.0512. The van der Waals surface area contributed by atoms with Crippen LogP contribution in [0, 0.1) is 0 Å². The van der Waals surface area contributed by atoms with Gasteiger partial charge >= 0.3 is 0 Å². The normalized spacial score (nSPS) is 11.3. The van der Waals surface area contributed by atoms with Crippen molar-refractivity contribution in [2.24, 2.45) is 7.05 Å². The minimum Gasteiger partial charge on any atom is -0.327 e. The van der Waals surface area contributed by atoms with E-state index in [9.17, 15) is 4.79 Å². The molecule has 0 fully saturated rings. The van der Waals surface area contributed by atoms with Crippen LogP contribution < -0.4 is 0 Å². The van der Waals surface area contributed by atoms with Gasteiger partial charge in [-0.15, -0.1) is 10.2 Å². The number of nitrogens with zero attached hydrogens (tertiary/aromatic N) is 4. The predicted molar refractivity (Wildman–Crippen MR) is 103 cm³/mol. The van der Waals surface area contributed by atoms with Gasteiger partial charge in [-0.3, -0.25) is 4.79 Å². The monoisotopic (exact) mass is 412 g/mol. The van der Waals surface area contributed by atoms with Crippen molar-refractivity contribution in [3.8, 4) is 0 Å². The van der Waals surface area contributed by atoms with Gasteiger partial charge in [-0.05, 0) is 18.2 Å². The molecule has 7 heteroatoms. The molecule has 0 N–H and O–H groups in total. The van der Waals surface area contributed by atoms with Gasteiger partial charge < -0.3 is 4.57 Å². The fraction of sp³-hybridized carbons (Fsp3) is 0.111. The molecule has 0 aliphatic rings. The summed E-state index contributed by atoms with van der Waals surface area (Å²) < 4.78 is 2.98. The number of halogens is 1. The van der Waals surface area contributed by atoms with E-state index in [2.05, 4.69) is 31.1 Å². The van der Waals surface area contributed by atoms with E-state index in [1.807, 2.05) is 60.1 Å². The number of hydrogen-bond donors (Lipinski definition) is 0. The van der Waals surface area contributed by atoms with Crippen molar-refractivity contribution in [1.82, 2.24) is 19.7 Å². The van der Waals surface area contributed by atoms with Crippen LogP contribution in [0.3, 0.4) is 0 Å². The van der Waals surface area contributed by atoms with Crippen molar-refractivity contribution in [2.75, 3.05) is 5.75 Å². The zero-order valence-electron chi connectivity index (χ0n) is 13.3. The van der Waals surface area contributed by atoms with E-state index in [0.29, 0.717) is 10.7 Å². The van der Waals surface area contributed by atoms with Crippen LogP contribution in [-0.4, -0.2) is 31.3 Å². The molecule has 0 spiro atoms. The molecule has 4 rings (SSSR count). The summed E-state index contributed by atoms with van der Waals surface area (Å²) in [6.45, 7) is 0. The number of benzene rings is 2. The number of fused-ring (bicyclic) bond motifs is 3. The summed E-state index contributed by atoms with van der Waals surface area (Å²) in [6.07, 6.45) is 0. The van der Waals surface area contributed by atoms with Crippen molar-refractivity contribution >= 4 is 55.5 Å². The highest BCUT2D eigenvalue weighted by molar-refractivity contribution is 9.10. The van der Waals surface area contributed by atoms with Crippen LogP contribution in [0.4, 0.5) is 0 Å². The third-order valence-corrected chi connectivity index (χ3v) is 5.30. The first-order valence-electron chi connectivity index (χ1n) is 7.63. The lowest BCUT2D eigenvalue weighted by Crippen LogP contribution is -2.03. The fourth-order valence-electron chi connectivity index (χ4n) is 2.71. The maximum absolute atomic E-state index is 12.2. The van der Waals surface area contributed by atoms with Gasteiger partial charge in [-0.25, -0.2) is 4.98 Å². The number of aryl methyl sites for hydroxylation is 1. The van der Waals surface area contributed by atoms with Crippen molar-refractivity contribution in [3.63, 3.8) is 0 Å². The molecule has 0 unspecified atom stereocenters. The molecule has 0 amide bonds. The Balaban J connectivity index is 1.64. The molecule has 2 heterocycles. The Morgan fingerprint density at radius 1 is 1.16 bits per heavy atom. The van der Waals surface area contributed by atoms with Crippen LogP contribution in [-0.2, 0) is 7.05 Å². The maximum atomic E-state index is 12.2. The summed E-state index contributed by atoms with van der Waals surface area (Å²) >= 11 is 4.79. The standard InChI is InChI=1S/C18H13BrN4OS/c1-23-14-8-7-12(19)9-13(14)16-17(23)20-18(22-21-16)25-10-15(24)11-5-3-2-4-6-11/h2-9H,10H2,1H3. The van der Waals surface area contributed by atoms with Gasteiger partial charge in [0.1, 0.15) is 5.52 Å². The lowest BCUT2D eigenvalue weighted by molar-refractivity contribution is 0.102. The molecular weight excluding hydrogens is 400 g/mol. The smallest absolute Gasteiger partial charge is 0.211 e. The summed E-state index contributed by atoms with van der Waals surface area (Å²) in [5.41, 5.74) is 3.26. The Hall–Kier alpha value is -2.25. The summed E-state index contributed by atoms with van der Waals surface area (Å²) in [7, 11) is 1.96. The second-order valence-corrected chi connectivity index (χ2v) is 7.42. The van der Waals surface area contributed by atoms with Crippen LogP contribution in [0.5, 0.6) is 0 Å². The second kappa shape index (κ2) is 6.57. The first kappa shape index (κ1) is 16.2. The second-order valence-electron chi connectivity index (χ2n) is 5.56. The van der Waals surface area contributed by atoms with Crippen LogP contribution in [0.2, 0.25) is 0 Å². The molecule has 0 aliphatic heterocycles. The molecule has 4 aromatic rings. The van der Waals surface area contributed by atoms with E-state index in [4.69, 9.17) is 0 Å². The lowest BCUT2D eigenvalue weighted by atomic mass is 10.2. The third kappa shape index (κ3) is 3.05. The Morgan fingerprint density at radius 2 is 1.96 bits per heavy atom. The fourth-order valence-corrected chi connectivity index (χ4v) is 3.75. The first-order valence-corrected chi connectivity index (χ1v) is 9.41. The van der Waals surface area contributed by atoms with Crippen LogP contribution in [0.15, 0.2) is 58.2 Å². The highest BCUT2D eigenvalue weighted by Gasteiger charge is 2.14. The van der Waals surface area contributed by atoms with Gasteiger partial charge in [0.2, 0.25) is 5.16 Å². The lowest BCUT2D eigenvalue weighted by Gasteiger charge is -2.01. The number of Topliss-reactive ketones (excluding diaryl/α,β-unsaturated/α-hetero) is 1. The van der Waals surface area contributed by atoms with Gasteiger partial charge in [0.25, 0.3) is 0 Å². The summed E-state index contributed by atoms with van der Waals surface area (Å²) in [5.74, 6) is 0.336.